The molecule has 1 fully saturated rings. The molecular formula is C24H29NO3. The normalized spacial score (nSPS) is 15.7. The largest absolute Gasteiger partial charge is 0.496 e. The fraction of sp³-hybridized carbons (Fsp3) is 0.417. The molecule has 0 spiro atoms. The number of aryl methyl sites for hydroxylation is 2. The first-order valence-electron chi connectivity index (χ1n) is 10.1. The molecule has 148 valence electrons. The third-order valence-electron chi connectivity index (χ3n) is 5.72. The quantitative estimate of drug-likeness (QED) is 0.728. The summed E-state index contributed by atoms with van der Waals surface area (Å²) >= 11 is 0. The summed E-state index contributed by atoms with van der Waals surface area (Å²) in [4.78, 5) is 26.6. The van der Waals surface area contributed by atoms with Gasteiger partial charge in [-0.3, -0.25) is 9.59 Å². The highest BCUT2D eigenvalue weighted by Crippen LogP contribution is 2.34. The molecule has 1 saturated carbocycles. The predicted octanol–water partition coefficient (Wildman–Crippen LogP) is 4.88. The Morgan fingerprint density at radius 2 is 1.71 bits per heavy atom. The Hall–Kier alpha value is -2.62. The van der Waals surface area contributed by atoms with Crippen LogP contribution in [0.2, 0.25) is 0 Å². The van der Waals surface area contributed by atoms with Crippen LogP contribution < -0.4 is 10.1 Å². The summed E-state index contributed by atoms with van der Waals surface area (Å²) < 4.78 is 5.44. The molecule has 2 aromatic rings. The van der Waals surface area contributed by atoms with E-state index >= 15 is 0 Å². The first kappa shape index (κ1) is 20.1. The van der Waals surface area contributed by atoms with Crippen molar-refractivity contribution in [2.24, 2.45) is 0 Å². The zero-order valence-electron chi connectivity index (χ0n) is 17.0. The molecule has 0 unspecified atom stereocenters. The van der Waals surface area contributed by atoms with E-state index in [0.29, 0.717) is 29.7 Å². The zero-order chi connectivity index (χ0) is 20.1. The summed E-state index contributed by atoms with van der Waals surface area (Å²) in [5, 5.41) is 3.11. The minimum atomic E-state index is -0.875. The van der Waals surface area contributed by atoms with Crippen LogP contribution >= 0.6 is 0 Å². The number of hydrogen-bond donors (Lipinski definition) is 1. The van der Waals surface area contributed by atoms with Gasteiger partial charge in [-0.05, 0) is 56.0 Å². The van der Waals surface area contributed by atoms with Gasteiger partial charge in [-0.25, -0.2) is 0 Å². The van der Waals surface area contributed by atoms with E-state index in [4.69, 9.17) is 4.74 Å². The maximum absolute atomic E-state index is 13.6. The number of Topliss-reactive ketones (excluding diaryl/α,β-unsaturated/α-hetero) is 1. The molecule has 0 radical (unpaired) electrons. The highest BCUT2D eigenvalue weighted by Gasteiger charge is 2.42. The second kappa shape index (κ2) is 8.59. The van der Waals surface area contributed by atoms with Crippen molar-refractivity contribution in [3.63, 3.8) is 0 Å². The van der Waals surface area contributed by atoms with Gasteiger partial charge in [0.2, 0.25) is 0 Å². The Kier molecular flexibility index (Phi) is 6.18. The number of rotatable bonds is 6. The zero-order valence-corrected chi connectivity index (χ0v) is 17.0. The molecule has 1 amide bonds. The van der Waals surface area contributed by atoms with E-state index in [9.17, 15) is 9.59 Å². The van der Waals surface area contributed by atoms with Gasteiger partial charge in [0.15, 0.2) is 5.78 Å². The van der Waals surface area contributed by atoms with Gasteiger partial charge in [0.25, 0.3) is 5.91 Å². The fourth-order valence-electron chi connectivity index (χ4n) is 4.00. The van der Waals surface area contributed by atoms with Crippen LogP contribution in [-0.4, -0.2) is 24.3 Å². The minimum absolute atomic E-state index is 0.0497. The van der Waals surface area contributed by atoms with E-state index in [-0.39, 0.29) is 11.7 Å². The molecule has 0 atom stereocenters. The van der Waals surface area contributed by atoms with Gasteiger partial charge in [0, 0.05) is 5.56 Å². The monoisotopic (exact) mass is 379 g/mol. The van der Waals surface area contributed by atoms with Gasteiger partial charge < -0.3 is 10.1 Å². The van der Waals surface area contributed by atoms with Gasteiger partial charge in [0.05, 0.1) is 12.7 Å². The molecule has 4 nitrogen and oxygen atoms in total. The average Bonchev–Trinajstić information content (AvgIpc) is 2.73. The molecule has 4 heteroatoms. The maximum Gasteiger partial charge on any atom is 0.252 e. The fourth-order valence-corrected chi connectivity index (χ4v) is 4.00. The van der Waals surface area contributed by atoms with Crippen molar-refractivity contribution in [3.05, 3.63) is 64.7 Å². The number of carbonyl (C=O) groups is 2. The highest BCUT2D eigenvalue weighted by atomic mass is 16.5. The number of benzene rings is 2. The third-order valence-corrected chi connectivity index (χ3v) is 5.72. The Bertz CT molecular complexity index is 849. The lowest BCUT2D eigenvalue weighted by Crippen LogP contribution is -2.55. The lowest BCUT2D eigenvalue weighted by molar-refractivity contribution is 0.0711. The highest BCUT2D eigenvalue weighted by molar-refractivity contribution is 6.08. The number of methoxy groups -OCH3 is 1. The van der Waals surface area contributed by atoms with Crippen LogP contribution in [-0.2, 0) is 6.42 Å². The molecule has 28 heavy (non-hydrogen) atoms. The summed E-state index contributed by atoms with van der Waals surface area (Å²) in [6.45, 7) is 4.04. The van der Waals surface area contributed by atoms with Gasteiger partial charge in [-0.15, -0.1) is 0 Å². The Balaban J connectivity index is 1.93. The summed E-state index contributed by atoms with van der Waals surface area (Å²) in [5.74, 6) is 0.317. The maximum atomic E-state index is 13.6. The van der Waals surface area contributed by atoms with Crippen molar-refractivity contribution in [3.8, 4) is 5.75 Å². The van der Waals surface area contributed by atoms with Crippen LogP contribution in [0.1, 0.15) is 70.9 Å². The first-order valence-corrected chi connectivity index (χ1v) is 10.1. The Morgan fingerprint density at radius 3 is 2.32 bits per heavy atom. The van der Waals surface area contributed by atoms with Gasteiger partial charge >= 0.3 is 0 Å². The van der Waals surface area contributed by atoms with Crippen LogP contribution in [0, 0.1) is 6.92 Å². The van der Waals surface area contributed by atoms with Crippen LogP contribution in [0.15, 0.2) is 42.5 Å². The molecule has 2 aromatic carbocycles. The van der Waals surface area contributed by atoms with Crippen molar-refractivity contribution in [1.29, 1.82) is 0 Å². The molecule has 0 saturated heterocycles. The second-order valence-electron chi connectivity index (χ2n) is 7.68. The molecule has 1 aliphatic rings. The van der Waals surface area contributed by atoms with Crippen LogP contribution in [0.3, 0.4) is 0 Å². The molecule has 1 N–H and O–H groups in total. The topological polar surface area (TPSA) is 55.4 Å². The van der Waals surface area contributed by atoms with Crippen LogP contribution in [0.25, 0.3) is 0 Å². The minimum Gasteiger partial charge on any atom is -0.496 e. The van der Waals surface area contributed by atoms with Crippen molar-refractivity contribution in [2.75, 3.05) is 7.11 Å². The van der Waals surface area contributed by atoms with E-state index in [1.165, 1.54) is 5.56 Å². The number of amides is 1. The summed E-state index contributed by atoms with van der Waals surface area (Å²) in [6.07, 6.45) is 5.17. The Morgan fingerprint density at radius 1 is 1.04 bits per heavy atom. The third kappa shape index (κ3) is 4.11. The van der Waals surface area contributed by atoms with E-state index in [1.54, 1.807) is 7.11 Å². The second-order valence-corrected chi connectivity index (χ2v) is 7.68. The summed E-state index contributed by atoms with van der Waals surface area (Å²) in [6, 6.07) is 13.2. The van der Waals surface area contributed by atoms with Gasteiger partial charge in [-0.2, -0.15) is 0 Å². The van der Waals surface area contributed by atoms with E-state index < -0.39 is 5.54 Å². The lowest BCUT2D eigenvalue weighted by atomic mass is 9.76. The molecule has 0 aromatic heterocycles. The molecular weight excluding hydrogens is 350 g/mol. The smallest absolute Gasteiger partial charge is 0.252 e. The van der Waals surface area contributed by atoms with Crippen molar-refractivity contribution < 1.29 is 14.3 Å². The average molecular weight is 380 g/mol. The molecule has 3 rings (SSSR count). The SMILES string of the molecule is CCc1ccc(C(=O)NC2(C(=O)c3cc(C)ccc3OC)CCCCC2)cc1. The Labute approximate surface area is 167 Å². The number of nitrogens with one attached hydrogen (secondary N) is 1. The van der Waals surface area contributed by atoms with E-state index in [0.717, 1.165) is 31.2 Å². The van der Waals surface area contributed by atoms with Crippen molar-refractivity contribution in [1.82, 2.24) is 5.32 Å². The molecule has 0 bridgehead atoms. The van der Waals surface area contributed by atoms with Gasteiger partial charge in [-0.1, -0.05) is 49.9 Å². The van der Waals surface area contributed by atoms with Crippen molar-refractivity contribution in [2.45, 2.75) is 57.9 Å². The first-order chi connectivity index (χ1) is 13.5. The summed E-state index contributed by atoms with van der Waals surface area (Å²) in [5.41, 5.74) is 2.44. The summed E-state index contributed by atoms with van der Waals surface area (Å²) in [7, 11) is 1.57. The van der Waals surface area contributed by atoms with Gasteiger partial charge in [0.1, 0.15) is 11.3 Å². The standard InChI is InChI=1S/C24H29NO3/c1-4-18-9-11-19(12-10-18)23(27)25-24(14-6-5-7-15-24)22(26)20-16-17(2)8-13-21(20)28-3/h8-13,16H,4-7,14-15H2,1-3H3,(H,25,27). The molecule has 0 heterocycles. The van der Waals surface area contributed by atoms with Crippen LogP contribution in [0.4, 0.5) is 0 Å². The van der Waals surface area contributed by atoms with Crippen LogP contribution in [0.5, 0.6) is 5.75 Å². The number of ketones is 1. The van der Waals surface area contributed by atoms with E-state index in [1.807, 2.05) is 49.4 Å². The van der Waals surface area contributed by atoms with Crippen molar-refractivity contribution >= 4 is 11.7 Å². The van der Waals surface area contributed by atoms with E-state index in [2.05, 4.69) is 12.2 Å². The number of hydrogen-bond acceptors (Lipinski definition) is 3. The molecule has 1 aliphatic carbocycles. The predicted molar refractivity (Wildman–Crippen MR) is 111 cm³/mol. The lowest BCUT2D eigenvalue weighted by Gasteiger charge is -2.37. The molecule has 0 aliphatic heterocycles. The number of ether oxygens (including phenoxy) is 1. The number of carbonyl (C=O) groups excluding carboxylic acids is 2.